The van der Waals surface area contributed by atoms with Crippen LogP contribution in [0.1, 0.15) is 23.4 Å². The van der Waals surface area contributed by atoms with E-state index in [-0.39, 0.29) is 0 Å². The fourth-order valence-electron chi connectivity index (χ4n) is 2.22. The molecule has 0 atom stereocenters. The van der Waals surface area contributed by atoms with Gasteiger partial charge in [0.15, 0.2) is 17.3 Å². The third-order valence-corrected chi connectivity index (χ3v) is 3.45. The van der Waals surface area contributed by atoms with E-state index >= 15 is 0 Å². The Morgan fingerprint density at radius 2 is 2.05 bits per heavy atom. The van der Waals surface area contributed by atoms with E-state index in [2.05, 4.69) is 10.5 Å². The third kappa shape index (κ3) is 3.49. The summed E-state index contributed by atoms with van der Waals surface area (Å²) >= 11 is 6.26. The number of benzene rings is 1. The van der Waals surface area contributed by atoms with Gasteiger partial charge in [0.2, 0.25) is 0 Å². The molecular formula is C15H17ClN2O3. The minimum absolute atomic E-state index is 0.585. The van der Waals surface area contributed by atoms with Gasteiger partial charge in [0.05, 0.1) is 30.5 Å². The van der Waals surface area contributed by atoms with Crippen LogP contribution in [0.3, 0.4) is 0 Å². The van der Waals surface area contributed by atoms with Crippen LogP contribution in [0.4, 0.5) is 0 Å². The number of halogens is 1. The van der Waals surface area contributed by atoms with E-state index in [9.17, 15) is 0 Å². The molecule has 1 aliphatic heterocycles. The van der Waals surface area contributed by atoms with Crippen LogP contribution in [0.15, 0.2) is 22.7 Å². The number of rotatable bonds is 4. The van der Waals surface area contributed by atoms with Crippen molar-refractivity contribution < 1.29 is 14.0 Å². The number of ether oxygens (including phenoxy) is 2. The maximum absolute atomic E-state index is 6.26. The fourth-order valence-corrected chi connectivity index (χ4v) is 2.50. The Balaban J connectivity index is 1.65. The molecule has 0 spiro atoms. The van der Waals surface area contributed by atoms with Gasteiger partial charge in [-0.2, -0.15) is 0 Å². The molecule has 0 radical (unpaired) electrons. The lowest BCUT2D eigenvalue weighted by atomic mass is 10.2. The zero-order valence-corrected chi connectivity index (χ0v) is 12.6. The molecule has 6 heteroatoms. The van der Waals surface area contributed by atoms with E-state index < -0.39 is 0 Å². The average molecular weight is 309 g/mol. The summed E-state index contributed by atoms with van der Waals surface area (Å²) in [5.41, 5.74) is 1.92. The van der Waals surface area contributed by atoms with Gasteiger partial charge in [0.25, 0.3) is 0 Å². The molecule has 0 saturated heterocycles. The Bertz CT molecular complexity index is 627. The number of hydrogen-bond donors (Lipinski definition) is 1. The van der Waals surface area contributed by atoms with Gasteiger partial charge < -0.3 is 19.3 Å². The van der Waals surface area contributed by atoms with Gasteiger partial charge in [-0.3, -0.25) is 0 Å². The van der Waals surface area contributed by atoms with Crippen molar-refractivity contribution in [3.63, 3.8) is 0 Å². The lowest BCUT2D eigenvalue weighted by molar-refractivity contribution is 0.297. The van der Waals surface area contributed by atoms with Gasteiger partial charge in [-0.05, 0) is 24.6 Å². The van der Waals surface area contributed by atoms with Crippen LogP contribution in [0.2, 0.25) is 5.02 Å². The molecule has 5 nitrogen and oxygen atoms in total. The van der Waals surface area contributed by atoms with Gasteiger partial charge in [-0.1, -0.05) is 16.8 Å². The second-order valence-corrected chi connectivity index (χ2v) is 5.40. The van der Waals surface area contributed by atoms with Gasteiger partial charge in [-0.15, -0.1) is 0 Å². The van der Waals surface area contributed by atoms with Crippen LogP contribution in [-0.4, -0.2) is 18.4 Å². The quantitative estimate of drug-likeness (QED) is 0.940. The maximum Gasteiger partial charge on any atom is 0.179 e. The summed E-state index contributed by atoms with van der Waals surface area (Å²) in [5.74, 6) is 2.17. The van der Waals surface area contributed by atoms with Crippen LogP contribution in [0.25, 0.3) is 0 Å². The Kier molecular flexibility index (Phi) is 4.31. The van der Waals surface area contributed by atoms with Crippen molar-refractivity contribution in [3.05, 3.63) is 40.2 Å². The number of nitrogens with one attached hydrogen (secondary N) is 1. The highest BCUT2D eigenvalue weighted by molar-refractivity contribution is 6.32. The summed E-state index contributed by atoms with van der Waals surface area (Å²) < 4.78 is 16.4. The highest BCUT2D eigenvalue weighted by Crippen LogP contribution is 2.37. The van der Waals surface area contributed by atoms with Crippen molar-refractivity contribution in [1.29, 1.82) is 0 Å². The van der Waals surface area contributed by atoms with Gasteiger partial charge in [0, 0.05) is 19.0 Å². The van der Waals surface area contributed by atoms with E-state index in [4.69, 9.17) is 25.6 Å². The van der Waals surface area contributed by atoms with Crippen molar-refractivity contribution in [2.75, 3.05) is 13.2 Å². The molecule has 3 rings (SSSR count). The van der Waals surface area contributed by atoms with Crippen LogP contribution in [0.5, 0.6) is 11.5 Å². The molecule has 0 amide bonds. The van der Waals surface area contributed by atoms with Crippen molar-refractivity contribution in [1.82, 2.24) is 10.5 Å². The standard InChI is InChI=1S/C15H17ClN2O3/c1-10-5-12(21-18-10)9-17-8-11-6-13(16)15-14(7-11)19-3-2-4-20-15/h5-7,17H,2-4,8-9H2,1H3. The second-order valence-electron chi connectivity index (χ2n) is 4.99. The average Bonchev–Trinajstić information content (AvgIpc) is 2.73. The molecule has 2 aromatic rings. The number of fused-ring (bicyclic) bond motifs is 1. The number of hydrogen-bond acceptors (Lipinski definition) is 5. The molecule has 2 heterocycles. The molecule has 21 heavy (non-hydrogen) atoms. The molecule has 112 valence electrons. The number of nitrogens with zero attached hydrogens (tertiary/aromatic N) is 1. The highest BCUT2D eigenvalue weighted by Gasteiger charge is 2.15. The van der Waals surface area contributed by atoms with Crippen LogP contribution >= 0.6 is 11.6 Å². The normalized spacial score (nSPS) is 14.0. The first kappa shape index (κ1) is 14.2. The van der Waals surface area contributed by atoms with Crippen molar-refractivity contribution in [2.24, 2.45) is 0 Å². The monoisotopic (exact) mass is 308 g/mol. The summed E-state index contributed by atoms with van der Waals surface area (Å²) in [6.45, 7) is 4.46. The Morgan fingerprint density at radius 1 is 1.19 bits per heavy atom. The molecule has 0 fully saturated rings. The highest BCUT2D eigenvalue weighted by atomic mass is 35.5. The lowest BCUT2D eigenvalue weighted by Gasteiger charge is -2.11. The van der Waals surface area contributed by atoms with E-state index in [1.807, 2.05) is 25.1 Å². The predicted molar refractivity (Wildman–Crippen MR) is 78.8 cm³/mol. The molecule has 1 N–H and O–H groups in total. The van der Waals surface area contributed by atoms with Gasteiger partial charge in [-0.25, -0.2) is 0 Å². The second kappa shape index (κ2) is 6.37. The first-order valence-electron chi connectivity index (χ1n) is 6.93. The van der Waals surface area contributed by atoms with E-state index in [0.29, 0.717) is 42.8 Å². The number of aromatic nitrogens is 1. The predicted octanol–water partition coefficient (Wildman–Crippen LogP) is 3.09. The Hall–Kier alpha value is -1.72. The SMILES string of the molecule is Cc1cc(CNCc2cc(Cl)c3c(c2)OCCCO3)on1. The summed E-state index contributed by atoms with van der Waals surface area (Å²) in [7, 11) is 0. The molecule has 1 aromatic heterocycles. The first-order chi connectivity index (χ1) is 10.2. The molecule has 0 aliphatic carbocycles. The van der Waals surface area contributed by atoms with Gasteiger partial charge >= 0.3 is 0 Å². The van der Waals surface area contributed by atoms with E-state index in [1.165, 1.54) is 0 Å². The number of aryl methyl sites for hydroxylation is 1. The lowest BCUT2D eigenvalue weighted by Crippen LogP contribution is -2.12. The summed E-state index contributed by atoms with van der Waals surface area (Å²) in [6.07, 6.45) is 0.865. The zero-order valence-electron chi connectivity index (χ0n) is 11.8. The molecule has 1 aromatic carbocycles. The molecular weight excluding hydrogens is 292 g/mol. The fraction of sp³-hybridized carbons (Fsp3) is 0.400. The largest absolute Gasteiger partial charge is 0.489 e. The smallest absolute Gasteiger partial charge is 0.179 e. The maximum atomic E-state index is 6.26. The Morgan fingerprint density at radius 3 is 2.86 bits per heavy atom. The van der Waals surface area contributed by atoms with Crippen molar-refractivity contribution in [3.8, 4) is 11.5 Å². The summed E-state index contributed by atoms with van der Waals surface area (Å²) in [6, 6.07) is 5.77. The van der Waals surface area contributed by atoms with Crippen LogP contribution < -0.4 is 14.8 Å². The van der Waals surface area contributed by atoms with Crippen LogP contribution in [0, 0.1) is 6.92 Å². The molecule has 0 bridgehead atoms. The van der Waals surface area contributed by atoms with Crippen LogP contribution in [-0.2, 0) is 13.1 Å². The van der Waals surface area contributed by atoms with Gasteiger partial charge in [0.1, 0.15) is 0 Å². The minimum atomic E-state index is 0.585. The molecule has 1 aliphatic rings. The summed E-state index contributed by atoms with van der Waals surface area (Å²) in [4.78, 5) is 0. The van der Waals surface area contributed by atoms with E-state index in [1.54, 1.807) is 0 Å². The van der Waals surface area contributed by atoms with Crippen molar-refractivity contribution >= 4 is 11.6 Å². The molecule has 0 unspecified atom stereocenters. The molecule has 0 saturated carbocycles. The summed E-state index contributed by atoms with van der Waals surface area (Å²) in [5, 5.41) is 7.73. The Labute approximate surface area is 128 Å². The van der Waals surface area contributed by atoms with E-state index in [0.717, 1.165) is 23.4 Å². The van der Waals surface area contributed by atoms with Crippen molar-refractivity contribution in [2.45, 2.75) is 26.4 Å². The third-order valence-electron chi connectivity index (χ3n) is 3.17. The topological polar surface area (TPSA) is 56.5 Å². The minimum Gasteiger partial charge on any atom is -0.489 e. The first-order valence-corrected chi connectivity index (χ1v) is 7.31. The zero-order chi connectivity index (χ0) is 14.7.